The first-order valence-electron chi connectivity index (χ1n) is 8.67. The fourth-order valence-corrected chi connectivity index (χ4v) is 3.41. The summed E-state index contributed by atoms with van der Waals surface area (Å²) in [5.74, 6) is 1.25. The Hall–Kier alpha value is -1.17. The smallest absolute Gasteiger partial charge is 0.191 e. The second kappa shape index (κ2) is 11.9. The number of halogens is 3. The van der Waals surface area contributed by atoms with E-state index in [1.807, 2.05) is 14.0 Å². The molecule has 29 heavy (non-hydrogen) atoms. The van der Waals surface area contributed by atoms with Gasteiger partial charge in [0.1, 0.15) is 17.5 Å². The highest BCUT2D eigenvalue weighted by Gasteiger charge is 2.09. The maximum absolute atomic E-state index is 11.5. The number of benzene rings is 1. The molecule has 162 valence electrons. The summed E-state index contributed by atoms with van der Waals surface area (Å²) in [7, 11) is -1.37. The predicted molar refractivity (Wildman–Crippen MR) is 129 cm³/mol. The van der Waals surface area contributed by atoms with Crippen molar-refractivity contribution in [2.45, 2.75) is 18.4 Å². The van der Waals surface area contributed by atoms with Crippen LogP contribution in [0.1, 0.15) is 12.6 Å². The van der Waals surface area contributed by atoms with Gasteiger partial charge in [-0.05, 0) is 37.3 Å². The molecule has 1 aromatic carbocycles. The molecule has 0 bridgehead atoms. The minimum Gasteiger partial charge on any atom is -0.492 e. The quantitative estimate of drug-likeness (QED) is 0.218. The number of ether oxygens (including phenoxy) is 1. The third-order valence-electron chi connectivity index (χ3n) is 3.87. The summed E-state index contributed by atoms with van der Waals surface area (Å²) in [6.07, 6.45) is 1.17. The Balaban J connectivity index is 0.00000420. The average molecular weight is 575 g/mol. The highest BCUT2D eigenvalue weighted by Crippen LogP contribution is 2.25. The largest absolute Gasteiger partial charge is 0.492 e. The average Bonchev–Trinajstić information content (AvgIpc) is 2.89. The van der Waals surface area contributed by atoms with Gasteiger partial charge in [0.25, 0.3) is 0 Å². The molecule has 0 atom stereocenters. The van der Waals surface area contributed by atoms with Gasteiger partial charge in [-0.3, -0.25) is 0 Å². The van der Waals surface area contributed by atoms with Crippen LogP contribution in [-0.2, 0) is 23.4 Å². The zero-order chi connectivity index (χ0) is 20.7. The third kappa shape index (κ3) is 7.88. The van der Waals surface area contributed by atoms with E-state index in [1.54, 1.807) is 22.8 Å². The molecular formula is C18H25Cl2IN4O3S. The summed E-state index contributed by atoms with van der Waals surface area (Å²) in [5, 5.41) is 7.33. The van der Waals surface area contributed by atoms with Crippen molar-refractivity contribution in [1.82, 2.24) is 15.2 Å². The summed E-state index contributed by atoms with van der Waals surface area (Å²) in [5.41, 5.74) is 0.898. The van der Waals surface area contributed by atoms with Crippen LogP contribution in [0.2, 0.25) is 10.2 Å². The third-order valence-corrected chi connectivity index (χ3v) is 5.84. The van der Waals surface area contributed by atoms with Crippen LogP contribution in [0.15, 0.2) is 40.2 Å². The number of rotatable bonds is 8. The van der Waals surface area contributed by atoms with E-state index < -0.39 is 9.84 Å². The first kappa shape index (κ1) is 25.9. The Morgan fingerprint density at radius 3 is 2.38 bits per heavy atom. The van der Waals surface area contributed by atoms with Crippen molar-refractivity contribution in [2.75, 3.05) is 26.0 Å². The molecule has 7 nitrogen and oxygen atoms in total. The summed E-state index contributed by atoms with van der Waals surface area (Å²) < 4.78 is 30.3. The molecule has 0 amide bonds. The van der Waals surface area contributed by atoms with E-state index in [2.05, 4.69) is 15.6 Å². The molecule has 0 aliphatic heterocycles. The van der Waals surface area contributed by atoms with E-state index in [0.717, 1.165) is 5.69 Å². The van der Waals surface area contributed by atoms with Gasteiger partial charge in [0.05, 0.1) is 23.0 Å². The fraction of sp³-hybridized carbons (Fsp3) is 0.389. The molecule has 0 aliphatic rings. The van der Waals surface area contributed by atoms with Crippen LogP contribution in [0.25, 0.3) is 0 Å². The van der Waals surface area contributed by atoms with Crippen LogP contribution >= 0.6 is 47.2 Å². The van der Waals surface area contributed by atoms with Gasteiger partial charge in [0, 0.05) is 25.5 Å². The molecule has 0 unspecified atom stereocenters. The van der Waals surface area contributed by atoms with E-state index in [4.69, 9.17) is 27.9 Å². The number of hydrogen-bond acceptors (Lipinski definition) is 4. The van der Waals surface area contributed by atoms with Gasteiger partial charge >= 0.3 is 0 Å². The predicted octanol–water partition coefficient (Wildman–Crippen LogP) is 3.49. The van der Waals surface area contributed by atoms with E-state index in [1.165, 1.54) is 18.4 Å². The Labute approximate surface area is 198 Å². The number of guanidine groups is 1. The summed E-state index contributed by atoms with van der Waals surface area (Å²) >= 11 is 12.1. The minimum atomic E-state index is -3.21. The van der Waals surface area contributed by atoms with Crippen molar-refractivity contribution in [2.24, 2.45) is 12.0 Å². The van der Waals surface area contributed by atoms with Crippen LogP contribution in [0.3, 0.4) is 0 Å². The molecule has 0 radical (unpaired) electrons. The number of nitrogens with zero attached hydrogens (tertiary/aromatic N) is 2. The number of sulfone groups is 1. The molecule has 11 heteroatoms. The molecule has 2 N–H and O–H groups in total. The van der Waals surface area contributed by atoms with Crippen molar-refractivity contribution in [3.63, 3.8) is 0 Å². The van der Waals surface area contributed by atoms with Gasteiger partial charge in [-0.2, -0.15) is 0 Å². The number of hydrogen-bond donors (Lipinski definition) is 2. The summed E-state index contributed by atoms with van der Waals surface area (Å²) in [6.45, 7) is 4.03. The lowest BCUT2D eigenvalue weighted by molar-refractivity contribution is 0.321. The molecule has 1 aromatic heterocycles. The fourth-order valence-electron chi connectivity index (χ4n) is 2.36. The summed E-state index contributed by atoms with van der Waals surface area (Å²) in [4.78, 5) is 4.78. The number of aliphatic imine (C=N–C) groups is 1. The Kier molecular flexibility index (Phi) is 10.6. The first-order valence-corrected chi connectivity index (χ1v) is 11.3. The monoisotopic (exact) mass is 574 g/mol. The highest BCUT2D eigenvalue weighted by molar-refractivity contribution is 14.0. The Bertz CT molecular complexity index is 931. The zero-order valence-corrected chi connectivity index (χ0v) is 21.1. The molecule has 0 saturated carbocycles. The molecule has 0 saturated heterocycles. The normalized spacial score (nSPS) is 11.7. The molecule has 1 heterocycles. The molecule has 0 aliphatic carbocycles. The van der Waals surface area contributed by atoms with Crippen LogP contribution in [-0.4, -0.2) is 44.9 Å². The molecule has 0 spiro atoms. The first-order chi connectivity index (χ1) is 13.2. The second-order valence-electron chi connectivity index (χ2n) is 6.05. The maximum Gasteiger partial charge on any atom is 0.191 e. The van der Waals surface area contributed by atoms with Crippen molar-refractivity contribution in [1.29, 1.82) is 0 Å². The van der Waals surface area contributed by atoms with E-state index in [-0.39, 0.29) is 28.9 Å². The lowest BCUT2D eigenvalue weighted by atomic mass is 10.3. The lowest BCUT2D eigenvalue weighted by Crippen LogP contribution is -2.39. The maximum atomic E-state index is 11.5. The van der Waals surface area contributed by atoms with Crippen LogP contribution in [0.5, 0.6) is 5.75 Å². The van der Waals surface area contributed by atoms with Gasteiger partial charge in [0.15, 0.2) is 15.8 Å². The van der Waals surface area contributed by atoms with Crippen molar-refractivity contribution >= 4 is 63.0 Å². The van der Waals surface area contributed by atoms with Gasteiger partial charge in [-0.1, -0.05) is 23.2 Å². The Morgan fingerprint density at radius 1 is 1.21 bits per heavy atom. The van der Waals surface area contributed by atoms with Gasteiger partial charge in [-0.15, -0.1) is 24.0 Å². The zero-order valence-electron chi connectivity index (χ0n) is 16.4. The van der Waals surface area contributed by atoms with Gasteiger partial charge in [-0.25, -0.2) is 13.4 Å². The molecule has 0 fully saturated rings. The van der Waals surface area contributed by atoms with Gasteiger partial charge < -0.3 is 19.9 Å². The van der Waals surface area contributed by atoms with Crippen LogP contribution in [0.4, 0.5) is 0 Å². The van der Waals surface area contributed by atoms with Crippen molar-refractivity contribution in [3.8, 4) is 5.75 Å². The molecule has 2 aromatic rings. The lowest BCUT2D eigenvalue weighted by Gasteiger charge is -2.12. The van der Waals surface area contributed by atoms with Crippen molar-refractivity contribution < 1.29 is 13.2 Å². The van der Waals surface area contributed by atoms with E-state index in [9.17, 15) is 8.42 Å². The van der Waals surface area contributed by atoms with Crippen molar-refractivity contribution in [3.05, 3.63) is 46.2 Å². The SMILES string of the molecule is CCNC(=NCc1cc(Cl)c(Cl)n1C)NCCOc1ccc(S(C)(=O)=O)cc1.I. The van der Waals surface area contributed by atoms with E-state index in [0.29, 0.717) is 48.1 Å². The van der Waals surface area contributed by atoms with Crippen LogP contribution < -0.4 is 15.4 Å². The molecule has 2 rings (SSSR count). The highest BCUT2D eigenvalue weighted by atomic mass is 127. The number of nitrogens with one attached hydrogen (secondary N) is 2. The topological polar surface area (TPSA) is 84.7 Å². The summed E-state index contributed by atoms with van der Waals surface area (Å²) in [6, 6.07) is 8.12. The minimum absolute atomic E-state index is 0. The second-order valence-corrected chi connectivity index (χ2v) is 8.83. The standard InChI is InChI=1S/C18H24Cl2N4O3S.HI/c1-4-21-18(23-12-13-11-16(19)17(20)24(13)2)22-9-10-27-14-5-7-15(8-6-14)28(3,25)26;/h5-8,11H,4,9-10,12H2,1-3H3,(H2,21,22,23);1H. The number of aromatic nitrogens is 1. The van der Waals surface area contributed by atoms with Gasteiger partial charge in [0.2, 0.25) is 0 Å². The molecular weight excluding hydrogens is 550 g/mol. The van der Waals surface area contributed by atoms with Crippen LogP contribution in [0, 0.1) is 0 Å². The van der Waals surface area contributed by atoms with E-state index >= 15 is 0 Å². The Morgan fingerprint density at radius 2 is 1.86 bits per heavy atom.